The second kappa shape index (κ2) is 9.28. The molecule has 2 amide bonds. The van der Waals surface area contributed by atoms with E-state index in [0.717, 1.165) is 16.7 Å². The molecule has 1 aliphatic rings. The minimum Gasteiger partial charge on any atom is -0.361 e. The highest BCUT2D eigenvalue weighted by Crippen LogP contribution is 2.31. The fourth-order valence-corrected chi connectivity index (χ4v) is 4.13. The first kappa shape index (κ1) is 21.6. The van der Waals surface area contributed by atoms with Crippen LogP contribution in [0.3, 0.4) is 0 Å². The SMILES string of the molecule is CN(C)C(=O)[C@@]1(Cc2ccccc2-c2ccccc2)CN(C(=O)c2cnccn2)CCO1. The van der Waals surface area contributed by atoms with Crippen molar-refractivity contribution in [3.8, 4) is 11.1 Å². The molecule has 0 radical (unpaired) electrons. The molecule has 2 heterocycles. The van der Waals surface area contributed by atoms with Crippen molar-refractivity contribution >= 4 is 11.8 Å². The summed E-state index contributed by atoms with van der Waals surface area (Å²) in [7, 11) is 3.42. The van der Waals surface area contributed by atoms with Gasteiger partial charge in [0.1, 0.15) is 5.69 Å². The van der Waals surface area contributed by atoms with Gasteiger partial charge in [-0.3, -0.25) is 14.6 Å². The monoisotopic (exact) mass is 430 g/mol. The zero-order chi connectivity index (χ0) is 22.6. The lowest BCUT2D eigenvalue weighted by atomic mass is 9.87. The number of nitrogens with zero attached hydrogens (tertiary/aromatic N) is 4. The maximum absolute atomic E-state index is 13.4. The molecule has 0 N–H and O–H groups in total. The third kappa shape index (κ3) is 4.38. The number of hydrogen-bond acceptors (Lipinski definition) is 5. The maximum Gasteiger partial charge on any atom is 0.274 e. The van der Waals surface area contributed by atoms with Gasteiger partial charge >= 0.3 is 0 Å². The van der Waals surface area contributed by atoms with Crippen LogP contribution in [-0.2, 0) is 16.0 Å². The van der Waals surface area contributed by atoms with Gasteiger partial charge in [-0.15, -0.1) is 0 Å². The van der Waals surface area contributed by atoms with Crippen molar-refractivity contribution in [1.82, 2.24) is 19.8 Å². The van der Waals surface area contributed by atoms with Crippen molar-refractivity contribution in [3.05, 3.63) is 84.4 Å². The van der Waals surface area contributed by atoms with Crippen molar-refractivity contribution in [2.75, 3.05) is 33.8 Å². The van der Waals surface area contributed by atoms with Gasteiger partial charge in [0.15, 0.2) is 5.60 Å². The van der Waals surface area contributed by atoms with E-state index in [2.05, 4.69) is 9.97 Å². The third-order valence-corrected chi connectivity index (χ3v) is 5.63. The number of amides is 2. The quantitative estimate of drug-likeness (QED) is 0.622. The summed E-state index contributed by atoms with van der Waals surface area (Å²) in [6, 6.07) is 18.1. The molecule has 2 aromatic carbocycles. The van der Waals surface area contributed by atoms with Gasteiger partial charge in [-0.05, 0) is 16.7 Å². The van der Waals surface area contributed by atoms with Crippen LogP contribution in [0.5, 0.6) is 0 Å². The number of aromatic nitrogens is 2. The van der Waals surface area contributed by atoms with Gasteiger partial charge in [-0.1, -0.05) is 54.6 Å². The molecule has 1 saturated heterocycles. The molecule has 7 nitrogen and oxygen atoms in total. The van der Waals surface area contributed by atoms with Gasteiger partial charge in [0.25, 0.3) is 11.8 Å². The van der Waals surface area contributed by atoms with Crippen molar-refractivity contribution in [2.45, 2.75) is 12.0 Å². The molecule has 164 valence electrons. The first-order valence-corrected chi connectivity index (χ1v) is 10.5. The molecule has 32 heavy (non-hydrogen) atoms. The molecule has 1 atom stereocenters. The molecule has 1 aromatic heterocycles. The Morgan fingerprint density at radius 1 is 1.06 bits per heavy atom. The fourth-order valence-electron chi connectivity index (χ4n) is 4.13. The molecule has 0 saturated carbocycles. The standard InChI is InChI=1S/C25H26N4O3/c1-28(2)24(31)25(16-20-10-6-7-11-21(20)19-8-4-3-5-9-19)18-29(14-15-32-25)23(30)22-17-26-12-13-27-22/h3-13,17H,14-16,18H2,1-2H3/t25-/m1/s1. The predicted molar refractivity (Wildman–Crippen MR) is 121 cm³/mol. The summed E-state index contributed by atoms with van der Waals surface area (Å²) in [5.74, 6) is -0.425. The van der Waals surface area contributed by atoms with E-state index < -0.39 is 5.60 Å². The summed E-state index contributed by atoms with van der Waals surface area (Å²) < 4.78 is 6.18. The molecular formula is C25H26N4O3. The number of hydrogen-bond donors (Lipinski definition) is 0. The highest BCUT2D eigenvalue weighted by molar-refractivity contribution is 5.93. The molecule has 0 unspecified atom stereocenters. The highest BCUT2D eigenvalue weighted by Gasteiger charge is 2.46. The van der Waals surface area contributed by atoms with Crippen molar-refractivity contribution in [3.63, 3.8) is 0 Å². The number of carbonyl (C=O) groups excluding carboxylic acids is 2. The Labute approximate surface area is 187 Å². The normalized spacial score (nSPS) is 18.2. The average Bonchev–Trinajstić information content (AvgIpc) is 2.84. The Hall–Kier alpha value is -3.58. The molecule has 1 fully saturated rings. The summed E-state index contributed by atoms with van der Waals surface area (Å²) >= 11 is 0. The molecule has 0 spiro atoms. The summed E-state index contributed by atoms with van der Waals surface area (Å²) in [5, 5.41) is 0. The number of benzene rings is 2. The third-order valence-electron chi connectivity index (χ3n) is 5.63. The van der Waals surface area contributed by atoms with E-state index in [4.69, 9.17) is 4.74 Å². The van der Waals surface area contributed by atoms with Gasteiger partial charge in [0.2, 0.25) is 0 Å². The van der Waals surface area contributed by atoms with Crippen LogP contribution < -0.4 is 0 Å². The smallest absolute Gasteiger partial charge is 0.274 e. The molecule has 0 aliphatic carbocycles. The second-order valence-electron chi connectivity index (χ2n) is 8.06. The number of likely N-dealkylation sites (N-methyl/N-ethyl adjacent to an activating group) is 1. The van der Waals surface area contributed by atoms with E-state index in [-0.39, 0.29) is 30.7 Å². The zero-order valence-electron chi connectivity index (χ0n) is 18.3. The Morgan fingerprint density at radius 2 is 1.81 bits per heavy atom. The first-order chi connectivity index (χ1) is 15.5. The van der Waals surface area contributed by atoms with Crippen LogP contribution in [-0.4, -0.2) is 71.0 Å². The van der Waals surface area contributed by atoms with Crippen LogP contribution in [0, 0.1) is 0 Å². The summed E-state index contributed by atoms with van der Waals surface area (Å²) in [5.41, 5.74) is 2.16. The topological polar surface area (TPSA) is 75.6 Å². The Balaban J connectivity index is 1.70. The molecule has 3 aromatic rings. The van der Waals surface area contributed by atoms with Gasteiger partial charge in [-0.25, -0.2) is 4.98 Å². The van der Waals surface area contributed by atoms with Crippen molar-refractivity contribution < 1.29 is 14.3 Å². The summed E-state index contributed by atoms with van der Waals surface area (Å²) in [6.07, 6.45) is 4.80. The number of carbonyl (C=O) groups is 2. The van der Waals surface area contributed by atoms with Crippen LogP contribution in [0.2, 0.25) is 0 Å². The molecule has 7 heteroatoms. The lowest BCUT2D eigenvalue weighted by molar-refractivity contribution is -0.165. The highest BCUT2D eigenvalue weighted by atomic mass is 16.5. The first-order valence-electron chi connectivity index (χ1n) is 10.5. The lowest BCUT2D eigenvalue weighted by Gasteiger charge is -2.43. The summed E-state index contributed by atoms with van der Waals surface area (Å²) in [4.78, 5) is 37.8. The Kier molecular flexibility index (Phi) is 6.28. The largest absolute Gasteiger partial charge is 0.361 e. The van der Waals surface area contributed by atoms with E-state index in [1.807, 2.05) is 54.6 Å². The van der Waals surface area contributed by atoms with Crippen LogP contribution in [0.4, 0.5) is 0 Å². The second-order valence-corrected chi connectivity index (χ2v) is 8.06. The van der Waals surface area contributed by atoms with Gasteiger partial charge in [0, 0.05) is 39.5 Å². The van der Waals surface area contributed by atoms with Crippen LogP contribution in [0.15, 0.2) is 73.2 Å². The Morgan fingerprint density at radius 3 is 2.53 bits per heavy atom. The van der Waals surface area contributed by atoms with E-state index in [0.29, 0.717) is 13.0 Å². The average molecular weight is 431 g/mol. The zero-order valence-corrected chi connectivity index (χ0v) is 18.3. The van der Waals surface area contributed by atoms with Crippen LogP contribution >= 0.6 is 0 Å². The number of ether oxygens (including phenoxy) is 1. The summed E-state index contributed by atoms with van der Waals surface area (Å²) in [6.45, 7) is 0.791. The minimum absolute atomic E-state index is 0.141. The van der Waals surface area contributed by atoms with Gasteiger partial charge in [0.05, 0.1) is 19.3 Å². The van der Waals surface area contributed by atoms with E-state index in [9.17, 15) is 9.59 Å². The van der Waals surface area contributed by atoms with Crippen LogP contribution in [0.25, 0.3) is 11.1 Å². The molecule has 1 aliphatic heterocycles. The van der Waals surface area contributed by atoms with E-state index in [1.165, 1.54) is 23.5 Å². The Bertz CT molecular complexity index is 1090. The van der Waals surface area contributed by atoms with Crippen molar-refractivity contribution in [2.24, 2.45) is 0 Å². The predicted octanol–water partition coefficient (Wildman–Crippen LogP) is 2.69. The number of rotatable bonds is 5. The van der Waals surface area contributed by atoms with Crippen molar-refractivity contribution in [1.29, 1.82) is 0 Å². The molecule has 4 rings (SSSR count). The van der Waals surface area contributed by atoms with E-state index in [1.54, 1.807) is 19.0 Å². The van der Waals surface area contributed by atoms with Gasteiger partial charge in [-0.2, -0.15) is 0 Å². The fraction of sp³-hybridized carbons (Fsp3) is 0.280. The minimum atomic E-state index is -1.19. The van der Waals surface area contributed by atoms with Gasteiger partial charge < -0.3 is 14.5 Å². The maximum atomic E-state index is 13.4. The molecular weight excluding hydrogens is 404 g/mol. The van der Waals surface area contributed by atoms with Crippen LogP contribution in [0.1, 0.15) is 16.1 Å². The molecule has 0 bridgehead atoms. The lowest BCUT2D eigenvalue weighted by Crippen LogP contribution is -2.61. The number of morpholine rings is 1. The van der Waals surface area contributed by atoms with E-state index >= 15 is 0 Å².